The van der Waals surface area contributed by atoms with E-state index in [4.69, 9.17) is 9.47 Å². The first-order chi connectivity index (χ1) is 17.0. The highest BCUT2D eigenvalue weighted by molar-refractivity contribution is 8.18. The maximum Gasteiger partial charge on any atom is 0.293 e. The van der Waals surface area contributed by atoms with E-state index in [-0.39, 0.29) is 11.1 Å². The van der Waals surface area contributed by atoms with Gasteiger partial charge in [-0.2, -0.15) is 0 Å². The van der Waals surface area contributed by atoms with E-state index in [0.29, 0.717) is 36.2 Å². The standard InChI is InChI=1S/C29H29NO4S/c1-3-33-26-18-23(14-15-25(26)34-20-24-12-7-9-21(2)17-24)19-27-28(31)30(29(32)35-27)16-8-13-22-10-5-4-6-11-22/h4-7,9-12,14-15,17-19H,3,8,13,16,20H2,1-2H3/b27-19+. The second-order valence-electron chi connectivity index (χ2n) is 8.34. The molecule has 1 fully saturated rings. The molecular weight excluding hydrogens is 458 g/mol. The number of rotatable bonds is 10. The molecular formula is C29H29NO4S. The zero-order valence-corrected chi connectivity index (χ0v) is 20.8. The molecule has 5 nitrogen and oxygen atoms in total. The summed E-state index contributed by atoms with van der Waals surface area (Å²) in [5.41, 5.74) is 4.24. The molecule has 2 amide bonds. The summed E-state index contributed by atoms with van der Waals surface area (Å²) in [7, 11) is 0. The summed E-state index contributed by atoms with van der Waals surface area (Å²) < 4.78 is 11.8. The lowest BCUT2D eigenvalue weighted by Gasteiger charge is -2.13. The van der Waals surface area contributed by atoms with Crippen LogP contribution in [0.5, 0.6) is 11.5 Å². The number of hydrogen-bond acceptors (Lipinski definition) is 5. The van der Waals surface area contributed by atoms with Crippen molar-refractivity contribution in [1.29, 1.82) is 0 Å². The number of carbonyl (C=O) groups is 2. The Labute approximate surface area is 210 Å². The fourth-order valence-corrected chi connectivity index (χ4v) is 4.76. The Morgan fingerprint density at radius 3 is 2.46 bits per heavy atom. The van der Waals surface area contributed by atoms with Crippen molar-refractivity contribution in [2.45, 2.75) is 33.3 Å². The first-order valence-corrected chi connectivity index (χ1v) is 12.6. The first-order valence-electron chi connectivity index (χ1n) is 11.8. The van der Waals surface area contributed by atoms with Crippen molar-refractivity contribution in [2.75, 3.05) is 13.2 Å². The zero-order valence-electron chi connectivity index (χ0n) is 20.0. The molecule has 0 saturated carbocycles. The molecule has 1 aliphatic heterocycles. The molecule has 0 N–H and O–H groups in total. The number of amides is 2. The van der Waals surface area contributed by atoms with Gasteiger partial charge in [-0.25, -0.2) is 0 Å². The average Bonchev–Trinajstić information content (AvgIpc) is 3.12. The number of imide groups is 1. The quantitative estimate of drug-likeness (QED) is 0.300. The van der Waals surface area contributed by atoms with E-state index in [0.717, 1.165) is 35.7 Å². The van der Waals surface area contributed by atoms with E-state index < -0.39 is 0 Å². The van der Waals surface area contributed by atoms with E-state index >= 15 is 0 Å². The third kappa shape index (κ3) is 6.55. The third-order valence-electron chi connectivity index (χ3n) is 5.61. The van der Waals surface area contributed by atoms with Crippen LogP contribution in [0.2, 0.25) is 0 Å². The first kappa shape index (κ1) is 24.6. The molecule has 0 unspecified atom stereocenters. The fourth-order valence-electron chi connectivity index (χ4n) is 3.90. The van der Waals surface area contributed by atoms with Crippen LogP contribution in [0.15, 0.2) is 77.7 Å². The molecule has 1 heterocycles. The highest BCUT2D eigenvalue weighted by Crippen LogP contribution is 2.35. The smallest absolute Gasteiger partial charge is 0.293 e. The predicted molar refractivity (Wildman–Crippen MR) is 141 cm³/mol. The Morgan fingerprint density at radius 1 is 0.886 bits per heavy atom. The van der Waals surface area contributed by atoms with Gasteiger partial charge in [0, 0.05) is 6.54 Å². The van der Waals surface area contributed by atoms with Crippen molar-refractivity contribution < 1.29 is 19.1 Å². The van der Waals surface area contributed by atoms with Gasteiger partial charge >= 0.3 is 0 Å². The Bertz CT molecular complexity index is 1220. The van der Waals surface area contributed by atoms with Gasteiger partial charge in [0.2, 0.25) is 0 Å². The van der Waals surface area contributed by atoms with Gasteiger partial charge in [0.25, 0.3) is 11.1 Å². The van der Waals surface area contributed by atoms with Crippen molar-refractivity contribution in [3.8, 4) is 11.5 Å². The topological polar surface area (TPSA) is 55.8 Å². The Hall–Kier alpha value is -3.51. The summed E-state index contributed by atoms with van der Waals surface area (Å²) >= 11 is 0.982. The molecule has 0 atom stereocenters. The minimum Gasteiger partial charge on any atom is -0.490 e. The molecule has 35 heavy (non-hydrogen) atoms. The minimum atomic E-state index is -0.245. The summed E-state index contributed by atoms with van der Waals surface area (Å²) in [4.78, 5) is 27.1. The lowest BCUT2D eigenvalue weighted by Crippen LogP contribution is -2.29. The summed E-state index contributed by atoms with van der Waals surface area (Å²) in [5, 5.41) is -0.225. The van der Waals surface area contributed by atoms with Gasteiger partial charge in [-0.05, 0) is 73.4 Å². The molecule has 3 aromatic rings. The molecule has 0 spiro atoms. The number of thioether (sulfide) groups is 1. The Morgan fingerprint density at radius 2 is 1.69 bits per heavy atom. The molecule has 0 bridgehead atoms. The largest absolute Gasteiger partial charge is 0.490 e. The van der Waals surface area contributed by atoms with Crippen LogP contribution in [-0.4, -0.2) is 29.2 Å². The number of nitrogens with zero attached hydrogens (tertiary/aromatic N) is 1. The Balaban J connectivity index is 1.42. The number of carbonyl (C=O) groups excluding carboxylic acids is 2. The third-order valence-corrected chi connectivity index (χ3v) is 6.51. The van der Waals surface area contributed by atoms with E-state index in [9.17, 15) is 9.59 Å². The van der Waals surface area contributed by atoms with Gasteiger partial charge in [0.15, 0.2) is 11.5 Å². The van der Waals surface area contributed by atoms with Gasteiger partial charge in [-0.1, -0.05) is 66.2 Å². The highest BCUT2D eigenvalue weighted by Gasteiger charge is 2.34. The molecule has 1 aliphatic rings. The van der Waals surface area contributed by atoms with E-state index in [1.165, 1.54) is 16.0 Å². The lowest BCUT2D eigenvalue weighted by atomic mass is 10.1. The maximum atomic E-state index is 12.9. The van der Waals surface area contributed by atoms with Crippen LogP contribution in [0, 0.1) is 6.92 Å². The lowest BCUT2D eigenvalue weighted by molar-refractivity contribution is -0.122. The molecule has 1 saturated heterocycles. The number of aryl methyl sites for hydroxylation is 2. The van der Waals surface area contributed by atoms with Crippen LogP contribution >= 0.6 is 11.8 Å². The molecule has 180 valence electrons. The zero-order chi connectivity index (χ0) is 24.6. The van der Waals surface area contributed by atoms with Gasteiger partial charge in [-0.3, -0.25) is 14.5 Å². The van der Waals surface area contributed by atoms with Gasteiger partial charge in [0.1, 0.15) is 6.61 Å². The minimum absolute atomic E-state index is 0.225. The van der Waals surface area contributed by atoms with E-state index in [2.05, 4.69) is 31.2 Å². The van der Waals surface area contributed by atoms with E-state index in [1.54, 1.807) is 6.08 Å². The Kier molecular flexibility index (Phi) is 8.27. The molecule has 0 aliphatic carbocycles. The van der Waals surface area contributed by atoms with Crippen molar-refractivity contribution in [2.24, 2.45) is 0 Å². The average molecular weight is 488 g/mol. The number of ether oxygens (including phenoxy) is 2. The molecule has 3 aromatic carbocycles. The van der Waals surface area contributed by atoms with Crippen molar-refractivity contribution in [3.63, 3.8) is 0 Å². The second kappa shape index (κ2) is 11.8. The second-order valence-corrected chi connectivity index (χ2v) is 9.33. The molecule has 0 aromatic heterocycles. The van der Waals surface area contributed by atoms with E-state index in [1.807, 2.05) is 55.5 Å². The van der Waals surface area contributed by atoms with Gasteiger partial charge in [-0.15, -0.1) is 0 Å². The molecule has 6 heteroatoms. The number of benzene rings is 3. The highest BCUT2D eigenvalue weighted by atomic mass is 32.2. The van der Waals surface area contributed by atoms with Crippen LogP contribution < -0.4 is 9.47 Å². The summed E-state index contributed by atoms with van der Waals surface area (Å²) in [6.45, 7) is 5.30. The number of hydrogen-bond donors (Lipinski definition) is 0. The SMILES string of the molecule is CCOc1cc(/C=C2/SC(=O)N(CCCc3ccccc3)C2=O)ccc1OCc1cccc(C)c1. The maximum absolute atomic E-state index is 12.9. The van der Waals surface area contributed by atoms with Crippen molar-refractivity contribution >= 4 is 29.0 Å². The van der Waals surface area contributed by atoms with Gasteiger partial charge in [0.05, 0.1) is 11.5 Å². The van der Waals surface area contributed by atoms with Crippen LogP contribution in [0.3, 0.4) is 0 Å². The van der Waals surface area contributed by atoms with Crippen LogP contribution in [0.25, 0.3) is 6.08 Å². The summed E-state index contributed by atoms with van der Waals surface area (Å²) in [6, 6.07) is 23.8. The normalized spacial score (nSPS) is 14.6. The predicted octanol–water partition coefficient (Wildman–Crippen LogP) is 6.64. The van der Waals surface area contributed by atoms with Crippen LogP contribution in [0.4, 0.5) is 4.79 Å². The molecule has 0 radical (unpaired) electrons. The monoisotopic (exact) mass is 487 g/mol. The summed E-state index contributed by atoms with van der Waals surface area (Å²) in [6.07, 6.45) is 3.30. The molecule has 4 rings (SSSR count). The van der Waals surface area contributed by atoms with Crippen molar-refractivity contribution in [3.05, 3.63) is 100.0 Å². The van der Waals surface area contributed by atoms with Crippen LogP contribution in [0.1, 0.15) is 35.6 Å². The fraction of sp³-hybridized carbons (Fsp3) is 0.241. The van der Waals surface area contributed by atoms with Crippen molar-refractivity contribution in [1.82, 2.24) is 4.90 Å². The summed E-state index contributed by atoms with van der Waals surface area (Å²) in [5.74, 6) is 1.00. The van der Waals surface area contributed by atoms with Crippen LogP contribution in [-0.2, 0) is 17.8 Å². The van der Waals surface area contributed by atoms with Gasteiger partial charge < -0.3 is 9.47 Å².